The Hall–Kier alpha value is -1.73. The van der Waals surface area contributed by atoms with Gasteiger partial charge in [-0.25, -0.2) is 0 Å². The van der Waals surface area contributed by atoms with Crippen molar-refractivity contribution in [1.82, 2.24) is 20.8 Å². The van der Waals surface area contributed by atoms with Crippen LogP contribution in [0.25, 0.3) is 11.4 Å². The van der Waals surface area contributed by atoms with Gasteiger partial charge in [0.2, 0.25) is 17.6 Å². The molecule has 1 saturated heterocycles. The maximum Gasteiger partial charge on any atom is 0.237 e. The first-order valence-corrected chi connectivity index (χ1v) is 8.11. The molecule has 1 aliphatic rings. The van der Waals surface area contributed by atoms with E-state index in [4.69, 9.17) is 4.52 Å². The fourth-order valence-corrected chi connectivity index (χ4v) is 2.82. The van der Waals surface area contributed by atoms with Gasteiger partial charge in [0.15, 0.2) is 0 Å². The van der Waals surface area contributed by atoms with E-state index in [1.807, 2.05) is 24.3 Å². The molecule has 0 bridgehead atoms. The largest absolute Gasteiger partial charge is 0.354 e. The fourth-order valence-electron chi connectivity index (χ4n) is 2.43. The minimum absolute atomic E-state index is 0.0456. The van der Waals surface area contributed by atoms with Gasteiger partial charge in [0.25, 0.3) is 0 Å². The van der Waals surface area contributed by atoms with Gasteiger partial charge >= 0.3 is 0 Å². The van der Waals surface area contributed by atoms with Crippen LogP contribution in [-0.4, -0.2) is 35.2 Å². The van der Waals surface area contributed by atoms with Crippen LogP contribution in [0.15, 0.2) is 33.3 Å². The van der Waals surface area contributed by atoms with Gasteiger partial charge in [0, 0.05) is 23.0 Å². The van der Waals surface area contributed by atoms with Crippen molar-refractivity contribution < 1.29 is 9.32 Å². The summed E-state index contributed by atoms with van der Waals surface area (Å²) in [5, 5.41) is 10.0. The molecule has 1 aliphatic heterocycles. The molecule has 0 radical (unpaired) electrons. The molecule has 1 unspecified atom stereocenters. The summed E-state index contributed by atoms with van der Waals surface area (Å²) >= 11 is 3.42. The van der Waals surface area contributed by atoms with Gasteiger partial charge in [-0.1, -0.05) is 33.2 Å². The summed E-state index contributed by atoms with van der Waals surface area (Å²) in [6.45, 7) is 1.41. The van der Waals surface area contributed by atoms with E-state index in [1.165, 1.54) is 0 Å². The Bertz CT molecular complexity index is 652. The zero-order valence-electron chi connectivity index (χ0n) is 12.0. The topological polar surface area (TPSA) is 80.1 Å². The van der Waals surface area contributed by atoms with Crippen molar-refractivity contribution >= 4 is 21.8 Å². The molecule has 3 rings (SSSR count). The number of amides is 1. The van der Waals surface area contributed by atoms with Gasteiger partial charge in [0.1, 0.15) is 0 Å². The normalized spacial score (nSPS) is 17.6. The summed E-state index contributed by atoms with van der Waals surface area (Å²) in [4.78, 5) is 16.2. The van der Waals surface area contributed by atoms with Crippen molar-refractivity contribution in [2.75, 3.05) is 13.1 Å². The molecule has 1 aromatic carbocycles. The van der Waals surface area contributed by atoms with Crippen LogP contribution in [0.5, 0.6) is 0 Å². The van der Waals surface area contributed by atoms with Crippen LogP contribution in [0.4, 0.5) is 0 Å². The summed E-state index contributed by atoms with van der Waals surface area (Å²) in [6.07, 6.45) is 2.48. The highest BCUT2D eigenvalue weighted by molar-refractivity contribution is 9.10. The standard InChI is InChI=1S/C15H17BrN4O2/c16-11-4-1-3-10(9-11)14-19-13(22-20-14)6-8-18-15(21)12-5-2-7-17-12/h1,3-4,9,12,17H,2,5-8H2,(H,18,21). The molecule has 22 heavy (non-hydrogen) atoms. The quantitative estimate of drug-likeness (QED) is 0.846. The van der Waals surface area contributed by atoms with Crippen molar-refractivity contribution in [3.63, 3.8) is 0 Å². The highest BCUT2D eigenvalue weighted by Gasteiger charge is 2.21. The zero-order chi connectivity index (χ0) is 15.4. The maximum atomic E-state index is 11.9. The van der Waals surface area contributed by atoms with E-state index in [2.05, 4.69) is 36.7 Å². The summed E-state index contributed by atoms with van der Waals surface area (Å²) in [5.41, 5.74) is 0.892. The molecular formula is C15H17BrN4O2. The number of nitrogens with zero attached hydrogens (tertiary/aromatic N) is 2. The van der Waals surface area contributed by atoms with Crippen molar-refractivity contribution in [3.05, 3.63) is 34.6 Å². The molecule has 2 N–H and O–H groups in total. The van der Waals surface area contributed by atoms with E-state index in [0.29, 0.717) is 24.7 Å². The lowest BCUT2D eigenvalue weighted by Crippen LogP contribution is -2.41. The first-order chi connectivity index (χ1) is 10.7. The van der Waals surface area contributed by atoms with Crippen LogP contribution in [0, 0.1) is 0 Å². The monoisotopic (exact) mass is 364 g/mol. The molecule has 2 heterocycles. The number of carbonyl (C=O) groups excluding carboxylic acids is 1. The maximum absolute atomic E-state index is 11.9. The molecule has 1 fully saturated rings. The van der Waals surface area contributed by atoms with Crippen molar-refractivity contribution in [1.29, 1.82) is 0 Å². The molecule has 7 heteroatoms. The van der Waals surface area contributed by atoms with Crippen molar-refractivity contribution in [2.24, 2.45) is 0 Å². The molecule has 6 nitrogen and oxygen atoms in total. The molecule has 0 spiro atoms. The summed E-state index contributed by atoms with van der Waals surface area (Å²) in [6, 6.07) is 7.66. The summed E-state index contributed by atoms with van der Waals surface area (Å²) < 4.78 is 6.19. The van der Waals surface area contributed by atoms with E-state index < -0.39 is 0 Å². The molecule has 116 valence electrons. The van der Waals surface area contributed by atoms with Crippen LogP contribution in [-0.2, 0) is 11.2 Å². The Morgan fingerprint density at radius 2 is 2.41 bits per heavy atom. The van der Waals surface area contributed by atoms with E-state index in [0.717, 1.165) is 29.4 Å². The SMILES string of the molecule is O=C(NCCc1nc(-c2cccc(Br)c2)no1)C1CCCN1. The van der Waals surface area contributed by atoms with Crippen LogP contribution in [0.3, 0.4) is 0 Å². The number of nitrogens with one attached hydrogen (secondary N) is 2. The minimum atomic E-state index is -0.0556. The average Bonchev–Trinajstić information content (AvgIpc) is 3.19. The molecule has 0 aliphatic carbocycles. The van der Waals surface area contributed by atoms with Crippen molar-refractivity contribution in [2.45, 2.75) is 25.3 Å². The molecule has 0 saturated carbocycles. The Balaban J connectivity index is 1.52. The first-order valence-electron chi connectivity index (χ1n) is 7.32. The van der Waals surface area contributed by atoms with Gasteiger partial charge in [-0.15, -0.1) is 0 Å². The van der Waals surface area contributed by atoms with Gasteiger partial charge in [-0.2, -0.15) is 4.98 Å². The van der Waals surface area contributed by atoms with Crippen LogP contribution >= 0.6 is 15.9 Å². The first kappa shape index (κ1) is 15.2. The molecule has 1 amide bonds. The van der Waals surface area contributed by atoms with E-state index in [-0.39, 0.29) is 11.9 Å². The van der Waals surface area contributed by atoms with Gasteiger partial charge < -0.3 is 15.2 Å². The van der Waals surface area contributed by atoms with Crippen LogP contribution in [0.1, 0.15) is 18.7 Å². The lowest BCUT2D eigenvalue weighted by molar-refractivity contribution is -0.122. The second-order valence-corrected chi connectivity index (χ2v) is 6.13. The number of benzene rings is 1. The van der Waals surface area contributed by atoms with Gasteiger partial charge in [-0.3, -0.25) is 4.79 Å². The van der Waals surface area contributed by atoms with Crippen molar-refractivity contribution in [3.8, 4) is 11.4 Å². The minimum Gasteiger partial charge on any atom is -0.354 e. The fraction of sp³-hybridized carbons (Fsp3) is 0.400. The van der Waals surface area contributed by atoms with Crippen LogP contribution in [0.2, 0.25) is 0 Å². The summed E-state index contributed by atoms with van der Waals surface area (Å²) in [5.74, 6) is 1.12. The predicted octanol–water partition coefficient (Wildman–Crippen LogP) is 1.91. The smallest absolute Gasteiger partial charge is 0.237 e. The lowest BCUT2D eigenvalue weighted by atomic mass is 10.2. The Kier molecular flexibility index (Phi) is 4.84. The molecular weight excluding hydrogens is 348 g/mol. The number of rotatable bonds is 5. The van der Waals surface area contributed by atoms with E-state index >= 15 is 0 Å². The zero-order valence-corrected chi connectivity index (χ0v) is 13.6. The third-order valence-corrected chi connectivity index (χ3v) is 4.06. The number of halogens is 1. The second kappa shape index (κ2) is 7.02. The second-order valence-electron chi connectivity index (χ2n) is 5.21. The Morgan fingerprint density at radius 1 is 1.50 bits per heavy atom. The third-order valence-electron chi connectivity index (χ3n) is 3.57. The highest BCUT2D eigenvalue weighted by Crippen LogP contribution is 2.20. The average molecular weight is 365 g/mol. The number of aromatic nitrogens is 2. The number of hydrogen-bond donors (Lipinski definition) is 2. The van der Waals surface area contributed by atoms with Crippen LogP contribution < -0.4 is 10.6 Å². The number of carbonyl (C=O) groups is 1. The molecule has 1 atom stereocenters. The van der Waals surface area contributed by atoms with Gasteiger partial charge in [0.05, 0.1) is 6.04 Å². The predicted molar refractivity (Wildman–Crippen MR) is 85.2 cm³/mol. The lowest BCUT2D eigenvalue weighted by Gasteiger charge is -2.09. The Labute approximate surface area is 136 Å². The van der Waals surface area contributed by atoms with Gasteiger partial charge in [-0.05, 0) is 31.5 Å². The van der Waals surface area contributed by atoms with E-state index in [9.17, 15) is 4.79 Å². The highest BCUT2D eigenvalue weighted by atomic mass is 79.9. The molecule has 2 aromatic rings. The van der Waals surface area contributed by atoms with E-state index in [1.54, 1.807) is 0 Å². The number of hydrogen-bond acceptors (Lipinski definition) is 5. The third kappa shape index (κ3) is 3.72. The Morgan fingerprint density at radius 3 is 3.18 bits per heavy atom. The summed E-state index contributed by atoms with van der Waals surface area (Å²) in [7, 11) is 0. The molecule has 1 aromatic heterocycles.